The van der Waals surface area contributed by atoms with E-state index in [1.54, 1.807) is 0 Å². The van der Waals surface area contributed by atoms with Crippen LogP contribution in [0, 0.1) is 0 Å². The molecule has 0 fully saturated rings. The van der Waals surface area contributed by atoms with Crippen molar-refractivity contribution < 1.29 is 5.11 Å². The lowest BCUT2D eigenvalue weighted by atomic mass is 10.1. The van der Waals surface area contributed by atoms with E-state index in [4.69, 9.17) is 0 Å². The van der Waals surface area contributed by atoms with Gasteiger partial charge in [-0.3, -0.25) is 4.90 Å². The number of hydrogen-bond acceptors (Lipinski definition) is 2. The Labute approximate surface area is 120 Å². The molecule has 3 nitrogen and oxygen atoms in total. The third-order valence-electron chi connectivity index (χ3n) is 4.35. The SMILES string of the molecule is Cn1cccc1CN(CCO)C1CCc2ccccc21. The van der Waals surface area contributed by atoms with Crippen LogP contribution in [0.1, 0.15) is 29.3 Å². The zero-order chi connectivity index (χ0) is 13.9. The summed E-state index contributed by atoms with van der Waals surface area (Å²) in [7, 11) is 2.08. The highest BCUT2D eigenvalue weighted by molar-refractivity contribution is 5.34. The minimum Gasteiger partial charge on any atom is -0.395 e. The smallest absolute Gasteiger partial charge is 0.0558 e. The zero-order valence-electron chi connectivity index (χ0n) is 12.0. The van der Waals surface area contributed by atoms with E-state index < -0.39 is 0 Å². The van der Waals surface area contributed by atoms with Crippen LogP contribution in [0.25, 0.3) is 0 Å². The second kappa shape index (κ2) is 5.81. The highest BCUT2D eigenvalue weighted by Gasteiger charge is 2.27. The van der Waals surface area contributed by atoms with Gasteiger partial charge in [0.2, 0.25) is 0 Å². The first-order valence-electron chi connectivity index (χ1n) is 7.32. The van der Waals surface area contributed by atoms with Gasteiger partial charge in [0.25, 0.3) is 0 Å². The lowest BCUT2D eigenvalue weighted by molar-refractivity contribution is 0.140. The molecule has 2 aromatic rings. The van der Waals surface area contributed by atoms with Gasteiger partial charge in [0.1, 0.15) is 0 Å². The van der Waals surface area contributed by atoms with Gasteiger partial charge in [-0.05, 0) is 36.1 Å². The topological polar surface area (TPSA) is 28.4 Å². The molecule has 1 aliphatic carbocycles. The first-order valence-corrected chi connectivity index (χ1v) is 7.32. The molecule has 0 saturated carbocycles. The summed E-state index contributed by atoms with van der Waals surface area (Å²) in [5.41, 5.74) is 4.20. The Morgan fingerprint density at radius 3 is 2.85 bits per heavy atom. The van der Waals surface area contributed by atoms with E-state index in [2.05, 4.69) is 59.1 Å². The number of aromatic nitrogens is 1. The largest absolute Gasteiger partial charge is 0.395 e. The number of nitrogens with zero attached hydrogens (tertiary/aromatic N) is 2. The molecule has 0 bridgehead atoms. The van der Waals surface area contributed by atoms with E-state index in [-0.39, 0.29) is 6.61 Å². The van der Waals surface area contributed by atoms with E-state index >= 15 is 0 Å². The second-order valence-electron chi connectivity index (χ2n) is 5.56. The average Bonchev–Trinajstić information content (AvgIpc) is 3.05. The predicted octanol–water partition coefficient (Wildman–Crippen LogP) is 2.51. The maximum Gasteiger partial charge on any atom is 0.0558 e. The van der Waals surface area contributed by atoms with Crippen molar-refractivity contribution in [2.75, 3.05) is 13.2 Å². The molecule has 3 heteroatoms. The van der Waals surface area contributed by atoms with Gasteiger partial charge in [-0.1, -0.05) is 24.3 Å². The van der Waals surface area contributed by atoms with Gasteiger partial charge in [-0.15, -0.1) is 0 Å². The summed E-state index contributed by atoms with van der Waals surface area (Å²) in [5, 5.41) is 9.39. The molecule has 1 aromatic heterocycles. The summed E-state index contributed by atoms with van der Waals surface area (Å²) >= 11 is 0. The molecule has 106 valence electrons. The highest BCUT2D eigenvalue weighted by Crippen LogP contribution is 2.36. The van der Waals surface area contributed by atoms with Gasteiger partial charge >= 0.3 is 0 Å². The molecule has 0 radical (unpaired) electrons. The second-order valence-corrected chi connectivity index (χ2v) is 5.56. The molecule has 3 rings (SSSR count). The third-order valence-corrected chi connectivity index (χ3v) is 4.35. The van der Waals surface area contributed by atoms with Gasteiger partial charge in [0.05, 0.1) is 6.61 Å². The first-order chi connectivity index (χ1) is 9.79. The first kappa shape index (κ1) is 13.4. The molecule has 1 heterocycles. The Morgan fingerprint density at radius 1 is 1.25 bits per heavy atom. The van der Waals surface area contributed by atoms with Crippen molar-refractivity contribution in [2.24, 2.45) is 7.05 Å². The normalized spacial score (nSPS) is 17.6. The van der Waals surface area contributed by atoms with Crippen molar-refractivity contribution in [2.45, 2.75) is 25.4 Å². The van der Waals surface area contributed by atoms with Gasteiger partial charge in [0.15, 0.2) is 0 Å². The summed E-state index contributed by atoms with van der Waals surface area (Å²) in [6.07, 6.45) is 4.38. The molecule has 0 saturated heterocycles. The molecule has 0 amide bonds. The summed E-state index contributed by atoms with van der Waals surface area (Å²) in [6, 6.07) is 13.4. The van der Waals surface area contributed by atoms with E-state index in [1.165, 1.54) is 16.8 Å². The van der Waals surface area contributed by atoms with Gasteiger partial charge in [-0.2, -0.15) is 0 Å². The Morgan fingerprint density at radius 2 is 2.10 bits per heavy atom. The number of benzene rings is 1. The summed E-state index contributed by atoms with van der Waals surface area (Å²) < 4.78 is 2.16. The Hall–Kier alpha value is -1.58. The molecular weight excluding hydrogens is 248 g/mol. The zero-order valence-corrected chi connectivity index (χ0v) is 12.0. The van der Waals surface area contributed by atoms with E-state index in [0.717, 1.165) is 25.9 Å². The molecule has 1 aromatic carbocycles. The van der Waals surface area contributed by atoms with E-state index in [1.807, 2.05) is 0 Å². The lowest BCUT2D eigenvalue weighted by Gasteiger charge is -2.29. The predicted molar refractivity (Wildman–Crippen MR) is 80.4 cm³/mol. The highest BCUT2D eigenvalue weighted by atomic mass is 16.3. The Bertz CT molecular complexity index is 576. The number of aliphatic hydroxyl groups excluding tert-OH is 1. The van der Waals surface area contributed by atoms with Crippen molar-refractivity contribution >= 4 is 0 Å². The third kappa shape index (κ3) is 2.51. The minimum absolute atomic E-state index is 0.211. The van der Waals surface area contributed by atoms with Crippen molar-refractivity contribution in [3.05, 3.63) is 59.4 Å². The quantitative estimate of drug-likeness (QED) is 0.904. The maximum absolute atomic E-state index is 9.39. The number of aliphatic hydroxyl groups is 1. The molecule has 1 unspecified atom stereocenters. The van der Waals surface area contributed by atoms with Crippen LogP contribution in [0.4, 0.5) is 0 Å². The van der Waals surface area contributed by atoms with E-state index in [0.29, 0.717) is 6.04 Å². The minimum atomic E-state index is 0.211. The van der Waals surface area contributed by atoms with Crippen molar-refractivity contribution in [3.8, 4) is 0 Å². The van der Waals surface area contributed by atoms with Crippen LogP contribution in [-0.2, 0) is 20.0 Å². The maximum atomic E-state index is 9.39. The molecule has 20 heavy (non-hydrogen) atoms. The van der Waals surface area contributed by atoms with Crippen LogP contribution in [0.3, 0.4) is 0 Å². The average molecular weight is 270 g/mol. The van der Waals surface area contributed by atoms with Crippen molar-refractivity contribution in [1.82, 2.24) is 9.47 Å². The fourth-order valence-corrected chi connectivity index (χ4v) is 3.26. The summed E-state index contributed by atoms with van der Waals surface area (Å²) in [6.45, 7) is 1.83. The van der Waals surface area contributed by atoms with Gasteiger partial charge in [0, 0.05) is 38.1 Å². The molecule has 1 aliphatic rings. The molecule has 0 spiro atoms. The number of hydrogen-bond donors (Lipinski definition) is 1. The summed E-state index contributed by atoms with van der Waals surface area (Å²) in [4.78, 5) is 2.40. The van der Waals surface area contributed by atoms with Crippen LogP contribution in [0.5, 0.6) is 0 Å². The van der Waals surface area contributed by atoms with Crippen LogP contribution in [0.2, 0.25) is 0 Å². The standard InChI is InChI=1S/C17H22N2O/c1-18-10-4-6-15(18)13-19(11-12-20)17-9-8-14-5-2-3-7-16(14)17/h2-7,10,17,20H,8-9,11-13H2,1H3. The Balaban J connectivity index is 1.83. The number of fused-ring (bicyclic) bond motifs is 1. The fraction of sp³-hybridized carbons (Fsp3) is 0.412. The van der Waals surface area contributed by atoms with Gasteiger partial charge in [-0.25, -0.2) is 0 Å². The van der Waals surface area contributed by atoms with Crippen LogP contribution in [0.15, 0.2) is 42.6 Å². The molecular formula is C17H22N2O. The lowest BCUT2D eigenvalue weighted by Crippen LogP contribution is -2.30. The van der Waals surface area contributed by atoms with Crippen molar-refractivity contribution in [1.29, 1.82) is 0 Å². The van der Waals surface area contributed by atoms with Crippen LogP contribution >= 0.6 is 0 Å². The van der Waals surface area contributed by atoms with Crippen LogP contribution < -0.4 is 0 Å². The van der Waals surface area contributed by atoms with E-state index in [9.17, 15) is 5.11 Å². The molecule has 0 aliphatic heterocycles. The van der Waals surface area contributed by atoms with Crippen LogP contribution in [-0.4, -0.2) is 27.7 Å². The van der Waals surface area contributed by atoms with Crippen molar-refractivity contribution in [3.63, 3.8) is 0 Å². The Kier molecular flexibility index (Phi) is 3.90. The number of rotatable bonds is 5. The molecule has 1 atom stereocenters. The molecule has 1 N–H and O–H groups in total. The monoisotopic (exact) mass is 270 g/mol. The summed E-state index contributed by atoms with van der Waals surface area (Å²) in [5.74, 6) is 0. The fourth-order valence-electron chi connectivity index (χ4n) is 3.26. The number of aryl methyl sites for hydroxylation is 2. The van der Waals surface area contributed by atoms with Gasteiger partial charge < -0.3 is 9.67 Å².